The number of carbonyl (C=O) groups excluding carboxylic acids is 2. The molecule has 0 radical (unpaired) electrons. The Bertz CT molecular complexity index is 688. The van der Waals surface area contributed by atoms with Gasteiger partial charge >= 0.3 is 11.9 Å². The van der Waals surface area contributed by atoms with Crippen molar-refractivity contribution in [1.29, 1.82) is 0 Å². The average molecular weight is 639 g/mol. The van der Waals surface area contributed by atoms with Crippen LogP contribution in [-0.2, 0) is 9.47 Å². The summed E-state index contributed by atoms with van der Waals surface area (Å²) in [4.78, 5) is 22.9. The topological polar surface area (TPSA) is 52.6 Å². The Labute approximate surface area is 284 Å². The molecule has 0 amide bonds. The lowest BCUT2D eigenvalue weighted by Crippen LogP contribution is -2.10. The van der Waals surface area contributed by atoms with E-state index in [2.05, 4.69) is 22.6 Å². The largest absolute Gasteiger partial charge is 0.432 e. The van der Waals surface area contributed by atoms with Crippen molar-refractivity contribution in [2.75, 3.05) is 0 Å². The lowest BCUT2D eigenvalue weighted by atomic mass is 10.0. The summed E-state index contributed by atoms with van der Waals surface area (Å²) in [5, 5.41) is 0. The molecule has 1 aromatic rings. The molecule has 262 valence electrons. The highest BCUT2D eigenvalue weighted by Gasteiger charge is 2.17. The molecular formula is C42H70O4. The highest BCUT2D eigenvalue weighted by molar-refractivity contribution is 6.03. The maximum Gasteiger partial charge on any atom is 0.343 e. The van der Waals surface area contributed by atoms with Gasteiger partial charge in [0.25, 0.3) is 0 Å². The molecule has 0 aromatic heterocycles. The number of benzene rings is 1. The second kappa shape index (κ2) is 32.6. The van der Waals surface area contributed by atoms with Crippen molar-refractivity contribution in [3.63, 3.8) is 0 Å². The third-order valence-electron chi connectivity index (χ3n) is 9.25. The van der Waals surface area contributed by atoms with Crippen molar-refractivity contribution < 1.29 is 19.1 Å². The van der Waals surface area contributed by atoms with Crippen molar-refractivity contribution >= 4 is 11.9 Å². The molecule has 3 saturated carbocycles. The summed E-state index contributed by atoms with van der Waals surface area (Å²) in [6.45, 7) is 6.52. The smallest absolute Gasteiger partial charge is 0.343 e. The van der Waals surface area contributed by atoms with Gasteiger partial charge in [0.05, 0.1) is 23.7 Å². The van der Waals surface area contributed by atoms with Gasteiger partial charge in [-0.1, -0.05) is 218 Å². The van der Waals surface area contributed by atoms with Crippen LogP contribution in [0.5, 0.6) is 0 Å². The molecule has 3 aliphatic carbocycles. The van der Waals surface area contributed by atoms with Crippen LogP contribution < -0.4 is 0 Å². The Balaban J connectivity index is 0.000000314. The number of rotatable bonds is 4. The molecular weight excluding hydrogens is 568 g/mol. The molecule has 1 aromatic carbocycles. The van der Waals surface area contributed by atoms with Crippen LogP contribution in [0.3, 0.4) is 0 Å². The Morgan fingerprint density at radius 2 is 0.522 bits per heavy atom. The van der Waals surface area contributed by atoms with E-state index in [0.29, 0.717) is 0 Å². The van der Waals surface area contributed by atoms with Crippen LogP contribution in [0.25, 0.3) is 0 Å². The lowest BCUT2D eigenvalue weighted by molar-refractivity contribution is 0.0619. The third kappa shape index (κ3) is 24.8. The van der Waals surface area contributed by atoms with Crippen molar-refractivity contribution in [2.45, 2.75) is 193 Å². The molecule has 0 bridgehead atoms. The summed E-state index contributed by atoms with van der Waals surface area (Å²) in [5.41, 5.74) is 0.239. The fourth-order valence-electron chi connectivity index (χ4n) is 6.42. The molecule has 4 heteroatoms. The molecule has 0 heterocycles. The van der Waals surface area contributed by atoms with Crippen LogP contribution in [0.15, 0.2) is 49.9 Å². The molecule has 0 unspecified atom stereocenters. The van der Waals surface area contributed by atoms with E-state index in [1.54, 1.807) is 12.1 Å². The number of carbonyl (C=O) groups is 2. The number of ether oxygens (including phenoxy) is 2. The summed E-state index contributed by atoms with van der Waals surface area (Å²) in [7, 11) is 0. The minimum absolute atomic E-state index is 0.120. The van der Waals surface area contributed by atoms with Crippen molar-refractivity contribution in [1.82, 2.24) is 0 Å². The predicted molar refractivity (Wildman–Crippen MR) is 196 cm³/mol. The fourth-order valence-corrected chi connectivity index (χ4v) is 6.42. The van der Waals surface area contributed by atoms with E-state index in [4.69, 9.17) is 0 Å². The first-order valence-corrected chi connectivity index (χ1v) is 19.4. The monoisotopic (exact) mass is 639 g/mol. The maximum absolute atomic E-state index is 11.4. The fraction of sp³-hybridized carbons (Fsp3) is 0.714. The summed E-state index contributed by atoms with van der Waals surface area (Å²) >= 11 is 0. The second-order valence-electron chi connectivity index (χ2n) is 13.3. The number of hydrogen-bond donors (Lipinski definition) is 0. The van der Waals surface area contributed by atoms with Gasteiger partial charge in [-0.2, -0.15) is 0 Å². The molecule has 0 spiro atoms. The zero-order valence-electron chi connectivity index (χ0n) is 29.7. The van der Waals surface area contributed by atoms with Crippen LogP contribution >= 0.6 is 0 Å². The third-order valence-corrected chi connectivity index (χ3v) is 9.25. The number of esters is 2. The van der Waals surface area contributed by atoms with Crippen LogP contribution in [0.1, 0.15) is 213 Å². The SMILES string of the molecule is C1CCCCCCCCC1.C1CCCCCCCCC1.C1CCCCCCCCC1.C=COC(=O)c1ccccc1C(=O)OC=C. The Hall–Kier alpha value is -2.36. The highest BCUT2D eigenvalue weighted by atomic mass is 16.5. The second-order valence-corrected chi connectivity index (χ2v) is 13.3. The van der Waals surface area contributed by atoms with Crippen molar-refractivity contribution in [3.05, 3.63) is 61.1 Å². The Kier molecular flexibility index (Phi) is 29.5. The zero-order chi connectivity index (χ0) is 33.2. The minimum Gasteiger partial charge on any atom is -0.432 e. The van der Waals surface area contributed by atoms with Gasteiger partial charge in [0.1, 0.15) is 0 Å². The normalized spacial score (nSPS) is 18.8. The van der Waals surface area contributed by atoms with E-state index in [9.17, 15) is 9.59 Å². The molecule has 4 nitrogen and oxygen atoms in total. The van der Waals surface area contributed by atoms with Crippen molar-refractivity contribution in [2.24, 2.45) is 0 Å². The molecule has 46 heavy (non-hydrogen) atoms. The first kappa shape index (κ1) is 41.7. The number of hydrogen-bond acceptors (Lipinski definition) is 4. The summed E-state index contributed by atoms with van der Waals surface area (Å²) in [6.07, 6.45) is 47.0. The Morgan fingerprint density at radius 3 is 0.652 bits per heavy atom. The van der Waals surface area contributed by atoms with Crippen LogP contribution in [0.2, 0.25) is 0 Å². The van der Waals surface area contributed by atoms with Gasteiger partial charge in [0.2, 0.25) is 0 Å². The lowest BCUT2D eigenvalue weighted by Gasteiger charge is -2.05. The van der Waals surface area contributed by atoms with Gasteiger partial charge in [0, 0.05) is 0 Å². The molecule has 3 aliphatic rings. The van der Waals surface area contributed by atoms with Crippen LogP contribution in [0.4, 0.5) is 0 Å². The summed E-state index contributed by atoms with van der Waals surface area (Å²) < 4.78 is 9.18. The van der Waals surface area contributed by atoms with Crippen molar-refractivity contribution in [3.8, 4) is 0 Å². The highest BCUT2D eigenvalue weighted by Crippen LogP contribution is 2.18. The molecule has 0 atom stereocenters. The van der Waals surface area contributed by atoms with E-state index in [0.717, 1.165) is 12.5 Å². The summed E-state index contributed by atoms with van der Waals surface area (Å²) in [6, 6.07) is 6.16. The van der Waals surface area contributed by atoms with Gasteiger partial charge in [-0.3, -0.25) is 0 Å². The van der Waals surface area contributed by atoms with Crippen LogP contribution in [-0.4, -0.2) is 11.9 Å². The van der Waals surface area contributed by atoms with E-state index < -0.39 is 11.9 Å². The maximum atomic E-state index is 11.4. The van der Waals surface area contributed by atoms with Gasteiger partial charge in [0.15, 0.2) is 0 Å². The van der Waals surface area contributed by atoms with Gasteiger partial charge in [-0.25, -0.2) is 9.59 Å². The van der Waals surface area contributed by atoms with E-state index >= 15 is 0 Å². The molecule has 3 fully saturated rings. The van der Waals surface area contributed by atoms with Gasteiger partial charge < -0.3 is 9.47 Å². The summed E-state index contributed by atoms with van der Waals surface area (Å²) in [5.74, 6) is -1.32. The van der Waals surface area contributed by atoms with Gasteiger partial charge in [-0.15, -0.1) is 0 Å². The minimum atomic E-state index is -0.661. The Morgan fingerprint density at radius 1 is 0.370 bits per heavy atom. The average Bonchev–Trinajstić information content (AvgIpc) is 3.10. The zero-order valence-corrected chi connectivity index (χ0v) is 29.7. The molecule has 0 aliphatic heterocycles. The molecule has 4 rings (SSSR count). The molecule has 0 N–H and O–H groups in total. The first-order chi connectivity index (χ1) is 22.7. The first-order valence-electron chi connectivity index (χ1n) is 19.4. The van der Waals surface area contributed by atoms with Crippen LogP contribution in [0, 0.1) is 0 Å². The van der Waals surface area contributed by atoms with E-state index in [1.165, 1.54) is 205 Å². The molecule has 0 saturated heterocycles. The van der Waals surface area contributed by atoms with Gasteiger partial charge in [-0.05, 0) is 12.1 Å². The van der Waals surface area contributed by atoms with E-state index in [-0.39, 0.29) is 11.1 Å². The standard InChI is InChI=1S/C12H10O4.3C10H20/c1-3-15-11(13)9-7-5-6-8-10(9)12(14)16-4-2;3*1-2-4-6-8-10-9-7-5-3-1/h3-8H,1-2H2;3*1-10H2. The quantitative estimate of drug-likeness (QED) is 0.243. The predicted octanol–water partition coefficient (Wildman–Crippen LogP) is 14.0. The van der Waals surface area contributed by atoms with E-state index in [1.807, 2.05) is 0 Å².